The molecule has 0 aromatic carbocycles. The van der Waals surface area contributed by atoms with Gasteiger partial charge in [-0.1, -0.05) is 11.6 Å². The van der Waals surface area contributed by atoms with E-state index in [-0.39, 0.29) is 28.8 Å². The van der Waals surface area contributed by atoms with Crippen LogP contribution in [-0.4, -0.2) is 71.9 Å². The molecule has 10 nitrogen and oxygen atoms in total. The number of pyridine rings is 1. The van der Waals surface area contributed by atoms with E-state index in [4.69, 9.17) is 21.1 Å². The van der Waals surface area contributed by atoms with Gasteiger partial charge < -0.3 is 24.6 Å². The minimum Gasteiger partial charge on any atom is -0.444 e. The van der Waals surface area contributed by atoms with Crippen LogP contribution in [0.4, 0.5) is 22.0 Å². The van der Waals surface area contributed by atoms with Crippen molar-refractivity contribution >= 4 is 34.9 Å². The highest BCUT2D eigenvalue weighted by Gasteiger charge is 2.31. The summed E-state index contributed by atoms with van der Waals surface area (Å²) in [5.74, 6) is 0.254. The molecule has 0 radical (unpaired) electrons. The lowest BCUT2D eigenvalue weighted by Gasteiger charge is -2.34. The summed E-state index contributed by atoms with van der Waals surface area (Å²) in [5, 5.41) is 15.3. The number of nitrogens with zero attached hydrogens (tertiary/aromatic N) is 4. The summed E-state index contributed by atoms with van der Waals surface area (Å²) in [7, 11) is 0. The molecular weight excluding hydrogens is 414 g/mol. The number of hydrogen-bond donors (Lipinski definition) is 1. The molecule has 2 saturated heterocycles. The number of rotatable bonds is 4. The molecular formula is C19H28ClN5O5. The lowest BCUT2D eigenvalue weighted by atomic mass is 10.0. The van der Waals surface area contributed by atoms with Crippen molar-refractivity contribution in [2.24, 2.45) is 0 Å². The molecule has 2 aliphatic rings. The number of amides is 1. The molecule has 0 atom stereocenters. The second kappa shape index (κ2) is 9.22. The molecule has 1 amide bonds. The normalized spacial score (nSPS) is 18.3. The van der Waals surface area contributed by atoms with E-state index < -0.39 is 10.5 Å². The standard InChI is InChI=1S/C19H28ClN5O5/c1-19(2,3)30-18(26)24-6-4-13(5-7-24)21-14-12-15(20)22-17(16(14)25(27)28)23-8-10-29-11-9-23/h12-13H,4-11H2,1-3H3,(H,21,22). The molecule has 1 N–H and O–H groups in total. The van der Waals surface area contributed by atoms with Crippen molar-refractivity contribution in [3.8, 4) is 0 Å². The maximum atomic E-state index is 12.2. The van der Waals surface area contributed by atoms with Crippen molar-refractivity contribution in [3.63, 3.8) is 0 Å². The van der Waals surface area contributed by atoms with Gasteiger partial charge in [0.15, 0.2) is 0 Å². The van der Waals surface area contributed by atoms with Crippen molar-refractivity contribution < 1.29 is 19.2 Å². The Kier molecular flexibility index (Phi) is 6.87. The topological polar surface area (TPSA) is 110 Å². The van der Waals surface area contributed by atoms with Gasteiger partial charge in [-0.05, 0) is 33.6 Å². The number of nitrogens with one attached hydrogen (secondary N) is 1. The predicted octanol–water partition coefficient (Wildman–Crippen LogP) is 3.29. The number of aromatic nitrogens is 1. The summed E-state index contributed by atoms with van der Waals surface area (Å²) in [6.45, 7) is 8.51. The zero-order valence-electron chi connectivity index (χ0n) is 17.5. The summed E-state index contributed by atoms with van der Waals surface area (Å²) in [5.41, 5.74) is -0.288. The van der Waals surface area contributed by atoms with Gasteiger partial charge in [0.1, 0.15) is 16.4 Å². The van der Waals surface area contributed by atoms with Crippen molar-refractivity contribution in [3.05, 3.63) is 21.3 Å². The molecule has 0 spiro atoms. The molecule has 1 aromatic heterocycles. The Hall–Kier alpha value is -2.33. The monoisotopic (exact) mass is 441 g/mol. The van der Waals surface area contributed by atoms with Crippen LogP contribution in [0.15, 0.2) is 6.07 Å². The average molecular weight is 442 g/mol. The zero-order chi connectivity index (χ0) is 21.9. The second-order valence-electron chi connectivity index (χ2n) is 8.41. The van der Waals surface area contributed by atoms with Gasteiger partial charge in [0.25, 0.3) is 0 Å². The smallest absolute Gasteiger partial charge is 0.410 e. The van der Waals surface area contributed by atoms with Crippen molar-refractivity contribution in [1.82, 2.24) is 9.88 Å². The van der Waals surface area contributed by atoms with Crippen LogP contribution in [0, 0.1) is 10.1 Å². The minimum absolute atomic E-state index is 0.0293. The summed E-state index contributed by atoms with van der Waals surface area (Å²) < 4.78 is 10.7. The molecule has 0 saturated carbocycles. The second-order valence-corrected chi connectivity index (χ2v) is 8.79. The third-order valence-electron chi connectivity index (χ3n) is 4.94. The average Bonchev–Trinajstić information content (AvgIpc) is 2.67. The molecule has 3 heterocycles. The maximum absolute atomic E-state index is 12.2. The molecule has 0 unspecified atom stereocenters. The zero-order valence-corrected chi connectivity index (χ0v) is 18.3. The van der Waals surface area contributed by atoms with Crippen LogP contribution in [0.25, 0.3) is 0 Å². The van der Waals surface area contributed by atoms with E-state index in [1.165, 1.54) is 6.07 Å². The van der Waals surface area contributed by atoms with Crippen LogP contribution in [0.5, 0.6) is 0 Å². The molecule has 0 bridgehead atoms. The van der Waals surface area contributed by atoms with Crippen molar-refractivity contribution in [2.75, 3.05) is 49.6 Å². The number of ether oxygens (including phenoxy) is 2. The van der Waals surface area contributed by atoms with Gasteiger partial charge in [0.2, 0.25) is 5.82 Å². The highest BCUT2D eigenvalue weighted by Crippen LogP contribution is 2.37. The molecule has 11 heteroatoms. The van der Waals surface area contributed by atoms with Crippen LogP contribution in [0.1, 0.15) is 33.6 Å². The van der Waals surface area contributed by atoms with Gasteiger partial charge in [-0.15, -0.1) is 0 Å². The maximum Gasteiger partial charge on any atom is 0.410 e. The van der Waals surface area contributed by atoms with E-state index in [1.807, 2.05) is 25.7 Å². The van der Waals surface area contributed by atoms with Gasteiger partial charge in [-0.3, -0.25) is 10.1 Å². The highest BCUT2D eigenvalue weighted by atomic mass is 35.5. The number of carbonyl (C=O) groups is 1. The lowest BCUT2D eigenvalue weighted by molar-refractivity contribution is -0.383. The van der Waals surface area contributed by atoms with Gasteiger partial charge in [0.05, 0.1) is 18.1 Å². The molecule has 2 fully saturated rings. The van der Waals surface area contributed by atoms with Crippen LogP contribution >= 0.6 is 11.6 Å². The Balaban J connectivity index is 1.72. The van der Waals surface area contributed by atoms with Crippen LogP contribution in [0.2, 0.25) is 5.15 Å². The van der Waals surface area contributed by atoms with Crippen LogP contribution < -0.4 is 10.2 Å². The molecule has 0 aliphatic carbocycles. The first-order chi connectivity index (χ1) is 14.1. The molecule has 166 valence electrons. The third-order valence-corrected chi connectivity index (χ3v) is 5.14. The number of nitro groups is 1. The fourth-order valence-electron chi connectivity index (χ4n) is 3.53. The first-order valence-electron chi connectivity index (χ1n) is 10.1. The van der Waals surface area contributed by atoms with E-state index in [0.717, 1.165) is 0 Å². The number of hydrogen-bond acceptors (Lipinski definition) is 8. The predicted molar refractivity (Wildman–Crippen MR) is 113 cm³/mol. The molecule has 2 aliphatic heterocycles. The molecule has 3 rings (SSSR count). The number of likely N-dealkylation sites (tertiary alicyclic amines) is 1. The van der Waals surface area contributed by atoms with Gasteiger partial charge in [-0.2, -0.15) is 0 Å². The number of anilines is 2. The largest absolute Gasteiger partial charge is 0.444 e. The fourth-order valence-corrected chi connectivity index (χ4v) is 3.72. The van der Waals surface area contributed by atoms with Gasteiger partial charge >= 0.3 is 11.8 Å². The first kappa shape index (κ1) is 22.4. The lowest BCUT2D eigenvalue weighted by Crippen LogP contribution is -2.44. The SMILES string of the molecule is CC(C)(C)OC(=O)N1CCC(Nc2cc(Cl)nc(N3CCOCC3)c2[N+](=O)[O-])CC1. The number of carbonyl (C=O) groups excluding carboxylic acids is 1. The Morgan fingerprint density at radius 1 is 1.30 bits per heavy atom. The number of halogens is 1. The molecule has 30 heavy (non-hydrogen) atoms. The summed E-state index contributed by atoms with van der Waals surface area (Å²) in [4.78, 5) is 31.4. The van der Waals surface area contributed by atoms with E-state index >= 15 is 0 Å². The Bertz CT molecular complexity index is 786. The molecule has 1 aromatic rings. The summed E-state index contributed by atoms with van der Waals surface area (Å²) in [6.07, 6.45) is 0.945. The van der Waals surface area contributed by atoms with Crippen LogP contribution in [-0.2, 0) is 9.47 Å². The summed E-state index contributed by atoms with van der Waals surface area (Å²) in [6, 6.07) is 1.46. The Morgan fingerprint density at radius 3 is 2.50 bits per heavy atom. The van der Waals surface area contributed by atoms with Gasteiger partial charge in [-0.25, -0.2) is 9.78 Å². The minimum atomic E-state index is -0.545. The first-order valence-corrected chi connectivity index (χ1v) is 10.4. The summed E-state index contributed by atoms with van der Waals surface area (Å²) >= 11 is 6.19. The van der Waals surface area contributed by atoms with E-state index in [0.29, 0.717) is 57.9 Å². The van der Waals surface area contributed by atoms with Crippen molar-refractivity contribution in [2.45, 2.75) is 45.3 Å². The number of morpholine rings is 1. The van der Waals surface area contributed by atoms with Gasteiger partial charge in [0, 0.05) is 38.3 Å². The Morgan fingerprint density at radius 2 is 1.93 bits per heavy atom. The van der Waals surface area contributed by atoms with E-state index in [1.54, 1.807) is 4.90 Å². The van der Waals surface area contributed by atoms with Crippen LogP contribution in [0.3, 0.4) is 0 Å². The highest BCUT2D eigenvalue weighted by molar-refractivity contribution is 6.30. The van der Waals surface area contributed by atoms with E-state index in [9.17, 15) is 14.9 Å². The fraction of sp³-hybridized carbons (Fsp3) is 0.684. The van der Waals surface area contributed by atoms with Crippen molar-refractivity contribution in [1.29, 1.82) is 0 Å². The Labute approximate surface area is 180 Å². The number of piperidine rings is 1. The third kappa shape index (κ3) is 5.63. The van der Waals surface area contributed by atoms with E-state index in [2.05, 4.69) is 10.3 Å². The quantitative estimate of drug-likeness (QED) is 0.430.